The quantitative estimate of drug-likeness (QED) is 0.415. The van der Waals surface area contributed by atoms with E-state index in [1.165, 1.54) is 6.08 Å². The van der Waals surface area contributed by atoms with Crippen molar-refractivity contribution < 1.29 is 9.53 Å². The average Bonchev–Trinajstić information content (AvgIpc) is 2.87. The normalized spacial score (nSPS) is 13.8. The number of hydrogen-bond donors (Lipinski definition) is 0. The molecule has 0 spiro atoms. The van der Waals surface area contributed by atoms with Crippen LogP contribution >= 0.6 is 0 Å². The van der Waals surface area contributed by atoms with Gasteiger partial charge in [-0.15, -0.1) is 0 Å². The Morgan fingerprint density at radius 2 is 1.79 bits per heavy atom. The summed E-state index contributed by atoms with van der Waals surface area (Å²) in [5, 5.41) is 0. The SMILES string of the molecule is CCOC(=O)/C=C1/c2ccccc2-c2nc3cc(C)ccc3nc21. The molecule has 0 unspecified atom stereocenters. The molecule has 4 rings (SSSR count). The van der Waals surface area contributed by atoms with E-state index in [9.17, 15) is 4.79 Å². The molecule has 0 amide bonds. The van der Waals surface area contributed by atoms with Crippen molar-refractivity contribution >= 4 is 22.6 Å². The summed E-state index contributed by atoms with van der Waals surface area (Å²) >= 11 is 0. The molecule has 1 aromatic heterocycles. The number of nitrogens with zero attached hydrogens (tertiary/aromatic N) is 2. The molecule has 1 heterocycles. The zero-order chi connectivity index (χ0) is 16.7. The van der Waals surface area contributed by atoms with Gasteiger partial charge in [-0.3, -0.25) is 0 Å². The first-order chi connectivity index (χ1) is 11.7. The van der Waals surface area contributed by atoms with Gasteiger partial charge in [0.15, 0.2) is 0 Å². The predicted molar refractivity (Wildman–Crippen MR) is 93.4 cm³/mol. The van der Waals surface area contributed by atoms with E-state index in [4.69, 9.17) is 14.7 Å². The van der Waals surface area contributed by atoms with Crippen LogP contribution in [0.1, 0.15) is 23.7 Å². The van der Waals surface area contributed by atoms with Crippen LogP contribution in [-0.4, -0.2) is 22.5 Å². The topological polar surface area (TPSA) is 52.1 Å². The molecule has 0 saturated carbocycles. The van der Waals surface area contributed by atoms with Gasteiger partial charge in [-0.05, 0) is 37.1 Å². The van der Waals surface area contributed by atoms with Crippen molar-refractivity contribution in [3.05, 3.63) is 65.4 Å². The van der Waals surface area contributed by atoms with Crippen LogP contribution < -0.4 is 0 Å². The number of aromatic nitrogens is 2. The van der Waals surface area contributed by atoms with Crippen molar-refractivity contribution in [1.82, 2.24) is 9.97 Å². The van der Waals surface area contributed by atoms with Crippen LogP contribution in [0.25, 0.3) is 27.9 Å². The minimum Gasteiger partial charge on any atom is -0.463 e. The lowest BCUT2D eigenvalue weighted by Crippen LogP contribution is -2.01. The molecule has 0 N–H and O–H groups in total. The summed E-state index contributed by atoms with van der Waals surface area (Å²) in [5.41, 5.74) is 7.12. The van der Waals surface area contributed by atoms with Crippen LogP contribution in [0.3, 0.4) is 0 Å². The summed E-state index contributed by atoms with van der Waals surface area (Å²) in [4.78, 5) is 21.6. The van der Waals surface area contributed by atoms with Gasteiger partial charge in [-0.2, -0.15) is 0 Å². The van der Waals surface area contributed by atoms with E-state index in [1.807, 2.05) is 49.4 Å². The van der Waals surface area contributed by atoms with Gasteiger partial charge in [-0.1, -0.05) is 30.3 Å². The molecule has 118 valence electrons. The minimum absolute atomic E-state index is 0.347. The van der Waals surface area contributed by atoms with Crippen LogP contribution in [0.15, 0.2) is 48.5 Å². The van der Waals surface area contributed by atoms with Gasteiger partial charge in [0.05, 0.1) is 29.0 Å². The Labute approximate surface area is 139 Å². The van der Waals surface area contributed by atoms with Gasteiger partial charge in [0.2, 0.25) is 0 Å². The van der Waals surface area contributed by atoms with Crippen LogP contribution in [0, 0.1) is 6.92 Å². The van der Waals surface area contributed by atoms with Gasteiger partial charge in [0.25, 0.3) is 0 Å². The Morgan fingerprint density at radius 1 is 1.04 bits per heavy atom. The second kappa shape index (κ2) is 5.57. The molecule has 4 heteroatoms. The summed E-state index contributed by atoms with van der Waals surface area (Å²) in [6.07, 6.45) is 1.52. The maximum atomic E-state index is 12.0. The largest absolute Gasteiger partial charge is 0.463 e. The summed E-state index contributed by atoms with van der Waals surface area (Å²) in [7, 11) is 0. The molecule has 1 aliphatic rings. The molecular weight excluding hydrogens is 300 g/mol. The number of aryl methyl sites for hydroxylation is 1. The highest BCUT2D eigenvalue weighted by atomic mass is 16.5. The van der Waals surface area contributed by atoms with E-state index >= 15 is 0 Å². The van der Waals surface area contributed by atoms with Crippen LogP contribution in [0.2, 0.25) is 0 Å². The first kappa shape index (κ1) is 14.6. The predicted octanol–water partition coefficient (Wildman–Crippen LogP) is 3.91. The van der Waals surface area contributed by atoms with Crippen molar-refractivity contribution in [2.45, 2.75) is 13.8 Å². The number of hydrogen-bond acceptors (Lipinski definition) is 4. The fraction of sp³-hybridized carbons (Fsp3) is 0.150. The van der Waals surface area contributed by atoms with Crippen molar-refractivity contribution in [3.8, 4) is 11.3 Å². The lowest BCUT2D eigenvalue weighted by molar-refractivity contribution is -0.137. The molecule has 2 aromatic carbocycles. The fourth-order valence-electron chi connectivity index (χ4n) is 3.04. The first-order valence-corrected chi connectivity index (χ1v) is 7.94. The van der Waals surface area contributed by atoms with E-state index in [0.717, 1.165) is 44.7 Å². The second-order valence-electron chi connectivity index (χ2n) is 5.77. The lowest BCUT2D eigenvalue weighted by atomic mass is 10.1. The molecule has 0 atom stereocenters. The van der Waals surface area contributed by atoms with Crippen LogP contribution in [-0.2, 0) is 9.53 Å². The number of carbonyl (C=O) groups excluding carboxylic acids is 1. The third kappa shape index (κ3) is 2.27. The number of carbonyl (C=O) groups is 1. The molecule has 3 aromatic rings. The summed E-state index contributed by atoms with van der Waals surface area (Å²) in [6.45, 7) is 4.18. The molecule has 0 bridgehead atoms. The van der Waals surface area contributed by atoms with Crippen molar-refractivity contribution in [3.63, 3.8) is 0 Å². The number of esters is 1. The molecule has 0 saturated heterocycles. The second-order valence-corrected chi connectivity index (χ2v) is 5.77. The lowest BCUT2D eigenvalue weighted by Gasteiger charge is -2.04. The number of fused-ring (bicyclic) bond motifs is 4. The maximum absolute atomic E-state index is 12.0. The number of rotatable bonds is 2. The third-order valence-corrected chi connectivity index (χ3v) is 4.10. The summed E-state index contributed by atoms with van der Waals surface area (Å²) in [6, 6.07) is 13.9. The van der Waals surface area contributed by atoms with Crippen molar-refractivity contribution in [2.24, 2.45) is 0 Å². The van der Waals surface area contributed by atoms with E-state index < -0.39 is 0 Å². The van der Waals surface area contributed by atoms with Crippen LogP contribution in [0.5, 0.6) is 0 Å². The molecule has 1 aliphatic carbocycles. The van der Waals surface area contributed by atoms with Gasteiger partial charge in [0.1, 0.15) is 0 Å². The first-order valence-electron chi connectivity index (χ1n) is 7.94. The van der Waals surface area contributed by atoms with Crippen molar-refractivity contribution in [1.29, 1.82) is 0 Å². The highest BCUT2D eigenvalue weighted by molar-refractivity contribution is 6.06. The summed E-state index contributed by atoms with van der Waals surface area (Å²) < 4.78 is 5.07. The van der Waals surface area contributed by atoms with Crippen molar-refractivity contribution in [2.75, 3.05) is 6.61 Å². The molecule has 0 radical (unpaired) electrons. The minimum atomic E-state index is -0.360. The smallest absolute Gasteiger partial charge is 0.331 e. The van der Waals surface area contributed by atoms with E-state index in [2.05, 4.69) is 0 Å². The molecular formula is C20H16N2O2. The van der Waals surface area contributed by atoms with E-state index in [1.54, 1.807) is 6.92 Å². The Morgan fingerprint density at radius 3 is 2.58 bits per heavy atom. The Kier molecular flexibility index (Phi) is 3.38. The highest BCUT2D eigenvalue weighted by Gasteiger charge is 2.27. The monoisotopic (exact) mass is 316 g/mol. The maximum Gasteiger partial charge on any atom is 0.331 e. The number of ether oxygens (including phenoxy) is 1. The van der Waals surface area contributed by atoms with Crippen LogP contribution in [0.4, 0.5) is 0 Å². The molecule has 0 fully saturated rings. The van der Waals surface area contributed by atoms with Gasteiger partial charge < -0.3 is 4.74 Å². The molecule has 24 heavy (non-hydrogen) atoms. The summed E-state index contributed by atoms with van der Waals surface area (Å²) in [5.74, 6) is -0.360. The van der Waals surface area contributed by atoms with Gasteiger partial charge in [0, 0.05) is 17.2 Å². The van der Waals surface area contributed by atoms with Gasteiger partial charge >= 0.3 is 5.97 Å². The Hall–Kier alpha value is -3.01. The third-order valence-electron chi connectivity index (χ3n) is 4.10. The molecule has 4 nitrogen and oxygen atoms in total. The Balaban J connectivity index is 1.99. The number of benzene rings is 2. The van der Waals surface area contributed by atoms with E-state index in [0.29, 0.717) is 6.61 Å². The standard InChI is InChI=1S/C20H16N2O2/c1-3-24-18(23)11-15-13-6-4-5-7-14(13)19-20(15)21-16-9-8-12(2)10-17(16)22-19/h4-11H,3H2,1-2H3/b15-11-. The van der Waals surface area contributed by atoms with E-state index in [-0.39, 0.29) is 5.97 Å². The Bertz CT molecular complexity index is 1010. The highest BCUT2D eigenvalue weighted by Crippen LogP contribution is 2.42. The average molecular weight is 316 g/mol. The van der Waals surface area contributed by atoms with Gasteiger partial charge in [-0.25, -0.2) is 14.8 Å². The fourth-order valence-corrected chi connectivity index (χ4v) is 3.04. The zero-order valence-electron chi connectivity index (χ0n) is 13.5. The zero-order valence-corrected chi connectivity index (χ0v) is 13.5. The molecule has 0 aliphatic heterocycles.